The van der Waals surface area contributed by atoms with E-state index in [1.54, 1.807) is 12.1 Å². The molecule has 0 aliphatic heterocycles. The van der Waals surface area contributed by atoms with Gasteiger partial charge in [0.15, 0.2) is 0 Å². The Bertz CT molecular complexity index is 503. The van der Waals surface area contributed by atoms with Gasteiger partial charge in [0.25, 0.3) is 0 Å². The molecule has 0 heterocycles. The lowest BCUT2D eigenvalue weighted by Crippen LogP contribution is -2.27. The first kappa shape index (κ1) is 11.7. The molecule has 0 saturated carbocycles. The summed E-state index contributed by atoms with van der Waals surface area (Å²) in [7, 11) is -2.57. The van der Waals surface area contributed by atoms with E-state index in [1.165, 1.54) is 12.1 Å². The third kappa shape index (κ3) is 3.37. The summed E-state index contributed by atoms with van der Waals surface area (Å²) in [6.07, 6.45) is -1.36. The normalized spacial score (nSPS) is 9.40. The number of hydrogen-bond donors (Lipinski definition) is 1. The molecule has 1 amide bonds. The van der Waals surface area contributed by atoms with E-state index < -0.39 is 16.4 Å². The number of anilines is 1. The molecule has 7 heteroatoms. The van der Waals surface area contributed by atoms with Gasteiger partial charge in [-0.2, -0.15) is 8.42 Å². The SMILES string of the molecule is O=C(O)N(C=S(=O)=O)c1cccc(Br)c1. The van der Waals surface area contributed by atoms with Crippen LogP contribution in [0.1, 0.15) is 0 Å². The third-order valence-corrected chi connectivity index (χ3v) is 2.36. The van der Waals surface area contributed by atoms with Crippen LogP contribution in [0.25, 0.3) is 0 Å². The van der Waals surface area contributed by atoms with Gasteiger partial charge in [-0.05, 0) is 18.2 Å². The summed E-state index contributed by atoms with van der Waals surface area (Å²) in [5.74, 6) is 0. The summed E-state index contributed by atoms with van der Waals surface area (Å²) in [6.45, 7) is 0. The molecule has 0 fully saturated rings. The first-order chi connectivity index (χ1) is 7.00. The van der Waals surface area contributed by atoms with Crippen LogP contribution < -0.4 is 4.90 Å². The highest BCUT2D eigenvalue weighted by molar-refractivity contribution is 9.10. The molecule has 0 radical (unpaired) electrons. The number of halogens is 1. The summed E-state index contributed by atoms with van der Waals surface area (Å²) in [5.41, 5.74) is 0.838. The zero-order valence-corrected chi connectivity index (χ0v) is 9.69. The Morgan fingerprint density at radius 2 is 2.13 bits per heavy atom. The van der Waals surface area contributed by atoms with Crippen LogP contribution in [0.4, 0.5) is 10.5 Å². The Morgan fingerprint density at radius 3 is 2.60 bits per heavy atom. The van der Waals surface area contributed by atoms with E-state index in [4.69, 9.17) is 5.11 Å². The second-order valence-electron chi connectivity index (χ2n) is 2.50. The maximum Gasteiger partial charge on any atom is 0.416 e. The highest BCUT2D eigenvalue weighted by atomic mass is 79.9. The van der Waals surface area contributed by atoms with Gasteiger partial charge in [0, 0.05) is 4.47 Å². The van der Waals surface area contributed by atoms with Crippen LogP contribution >= 0.6 is 15.9 Å². The van der Waals surface area contributed by atoms with E-state index >= 15 is 0 Å². The molecule has 0 saturated heterocycles. The molecule has 0 unspecified atom stereocenters. The molecule has 1 N–H and O–H groups in total. The number of carbonyl (C=O) groups is 1. The van der Waals surface area contributed by atoms with Crippen molar-refractivity contribution in [1.29, 1.82) is 0 Å². The Labute approximate surface area is 95.6 Å². The van der Waals surface area contributed by atoms with E-state index in [2.05, 4.69) is 15.9 Å². The number of carboxylic acid groups (broad SMARTS) is 1. The van der Waals surface area contributed by atoms with Crippen molar-refractivity contribution >= 4 is 43.5 Å². The molecule has 15 heavy (non-hydrogen) atoms. The lowest BCUT2D eigenvalue weighted by atomic mass is 10.3. The lowest BCUT2D eigenvalue weighted by molar-refractivity contribution is 0.206. The van der Waals surface area contributed by atoms with Crippen molar-refractivity contribution in [3.05, 3.63) is 28.7 Å². The average Bonchev–Trinajstić information content (AvgIpc) is 2.13. The second-order valence-corrected chi connectivity index (χ2v) is 4.15. The second kappa shape index (κ2) is 4.94. The van der Waals surface area contributed by atoms with Gasteiger partial charge < -0.3 is 5.11 Å². The van der Waals surface area contributed by atoms with E-state index in [-0.39, 0.29) is 5.69 Å². The smallest absolute Gasteiger partial charge is 0.416 e. The van der Waals surface area contributed by atoms with E-state index in [9.17, 15) is 13.2 Å². The molecule has 5 nitrogen and oxygen atoms in total. The number of benzene rings is 1. The fourth-order valence-electron chi connectivity index (χ4n) is 0.928. The minimum atomic E-state index is -2.57. The predicted octanol–water partition coefficient (Wildman–Crippen LogP) is 1.57. The minimum absolute atomic E-state index is 0.251. The number of amides is 1. The van der Waals surface area contributed by atoms with Crippen LogP contribution in [-0.4, -0.2) is 25.1 Å². The van der Waals surface area contributed by atoms with E-state index in [0.717, 1.165) is 0 Å². The van der Waals surface area contributed by atoms with Crippen LogP contribution in [0, 0.1) is 0 Å². The highest BCUT2D eigenvalue weighted by Crippen LogP contribution is 2.18. The molecule has 1 rings (SSSR count). The Balaban J connectivity index is 3.22. The van der Waals surface area contributed by atoms with Crippen molar-refractivity contribution in [2.75, 3.05) is 4.90 Å². The van der Waals surface area contributed by atoms with Crippen molar-refractivity contribution in [3.63, 3.8) is 0 Å². The quantitative estimate of drug-likeness (QED) is 0.840. The van der Waals surface area contributed by atoms with Crippen LogP contribution in [0.15, 0.2) is 28.7 Å². The van der Waals surface area contributed by atoms with E-state index in [1.807, 2.05) is 0 Å². The fourth-order valence-corrected chi connectivity index (χ4v) is 1.70. The molecule has 80 valence electrons. The van der Waals surface area contributed by atoms with Crippen molar-refractivity contribution in [1.82, 2.24) is 0 Å². The molecule has 0 spiro atoms. The van der Waals surface area contributed by atoms with Crippen LogP contribution in [-0.2, 0) is 10.3 Å². The Morgan fingerprint density at radius 1 is 1.47 bits per heavy atom. The fraction of sp³-hybridized carbons (Fsp3) is 0. The zero-order valence-electron chi connectivity index (χ0n) is 7.29. The van der Waals surface area contributed by atoms with Gasteiger partial charge >= 0.3 is 6.09 Å². The summed E-state index contributed by atoms with van der Waals surface area (Å²) in [6, 6.07) is 6.30. The molecule has 0 aliphatic carbocycles. The molecule has 0 aliphatic rings. The molecular formula is C8H6BrNO4S. The minimum Gasteiger partial charge on any atom is -0.464 e. The predicted molar refractivity (Wildman–Crippen MR) is 59.6 cm³/mol. The molecule has 1 aromatic rings. The molecule has 0 atom stereocenters. The standard InChI is InChI=1S/C8H6BrNO4S/c9-6-2-1-3-7(4-6)10(8(11)12)5-15(13)14/h1-5H,(H,11,12). The van der Waals surface area contributed by atoms with Gasteiger partial charge in [-0.3, -0.25) is 0 Å². The van der Waals surface area contributed by atoms with Crippen molar-refractivity contribution < 1.29 is 18.3 Å². The zero-order chi connectivity index (χ0) is 11.4. The van der Waals surface area contributed by atoms with Crippen molar-refractivity contribution in [2.45, 2.75) is 0 Å². The summed E-state index contributed by atoms with van der Waals surface area (Å²) in [5, 5.41) is 8.77. The Hall–Kier alpha value is -1.34. The number of hydrogen-bond acceptors (Lipinski definition) is 3. The maximum absolute atomic E-state index is 10.8. The van der Waals surface area contributed by atoms with Gasteiger partial charge in [-0.25, -0.2) is 9.69 Å². The van der Waals surface area contributed by atoms with Crippen molar-refractivity contribution in [2.24, 2.45) is 0 Å². The highest BCUT2D eigenvalue weighted by Gasteiger charge is 2.12. The third-order valence-electron chi connectivity index (χ3n) is 1.48. The largest absolute Gasteiger partial charge is 0.464 e. The van der Waals surface area contributed by atoms with Gasteiger partial charge in [0.1, 0.15) is 5.49 Å². The van der Waals surface area contributed by atoms with Crippen LogP contribution in [0.5, 0.6) is 0 Å². The van der Waals surface area contributed by atoms with Crippen LogP contribution in [0.2, 0.25) is 0 Å². The van der Waals surface area contributed by atoms with Crippen molar-refractivity contribution in [3.8, 4) is 0 Å². The van der Waals surface area contributed by atoms with Crippen LogP contribution in [0.3, 0.4) is 0 Å². The topological polar surface area (TPSA) is 74.7 Å². The summed E-state index contributed by atoms with van der Waals surface area (Å²) in [4.78, 5) is 11.4. The first-order valence-electron chi connectivity index (χ1n) is 3.71. The maximum atomic E-state index is 10.8. The Kier molecular flexibility index (Phi) is 3.87. The molecule has 0 aromatic heterocycles. The number of rotatable bonds is 2. The van der Waals surface area contributed by atoms with Gasteiger partial charge in [0.2, 0.25) is 10.3 Å². The average molecular weight is 292 g/mol. The number of nitrogens with zero attached hydrogens (tertiary/aromatic N) is 1. The molecule has 1 aromatic carbocycles. The van der Waals surface area contributed by atoms with Gasteiger partial charge in [-0.15, -0.1) is 0 Å². The molecule has 0 bridgehead atoms. The molecular weight excluding hydrogens is 286 g/mol. The van der Waals surface area contributed by atoms with Gasteiger partial charge in [-0.1, -0.05) is 22.0 Å². The van der Waals surface area contributed by atoms with E-state index in [0.29, 0.717) is 14.9 Å². The first-order valence-corrected chi connectivity index (χ1v) is 5.64. The summed E-state index contributed by atoms with van der Waals surface area (Å²) >= 11 is 3.16. The monoisotopic (exact) mass is 291 g/mol. The van der Waals surface area contributed by atoms with Gasteiger partial charge in [0.05, 0.1) is 5.69 Å². The summed E-state index contributed by atoms with van der Waals surface area (Å²) < 4.78 is 21.5. The lowest BCUT2D eigenvalue weighted by Gasteiger charge is -2.12.